The van der Waals surface area contributed by atoms with Gasteiger partial charge in [0.05, 0.1) is 0 Å². The normalized spacial score (nSPS) is 17.2. The van der Waals surface area contributed by atoms with Crippen LogP contribution in [0.2, 0.25) is 0 Å². The number of hydrogen-bond donors (Lipinski definition) is 2. The smallest absolute Gasteiger partial charge is 0.251 e. The van der Waals surface area contributed by atoms with E-state index in [1.54, 1.807) is 42.1 Å². The van der Waals surface area contributed by atoms with Gasteiger partial charge in [-0.1, -0.05) is 24.6 Å². The van der Waals surface area contributed by atoms with Crippen LogP contribution in [-0.4, -0.2) is 35.7 Å². The van der Waals surface area contributed by atoms with Gasteiger partial charge in [0, 0.05) is 30.2 Å². The highest BCUT2D eigenvalue weighted by Crippen LogP contribution is 2.46. The van der Waals surface area contributed by atoms with Crippen molar-refractivity contribution in [2.24, 2.45) is 0 Å². The van der Waals surface area contributed by atoms with Crippen LogP contribution in [0.25, 0.3) is 0 Å². The number of thioether (sulfide) groups is 1. The number of carbonyl (C=O) groups excluding carboxylic acids is 2. The molecule has 6 nitrogen and oxygen atoms in total. The van der Waals surface area contributed by atoms with E-state index in [9.17, 15) is 9.59 Å². The molecule has 1 atom stereocenters. The van der Waals surface area contributed by atoms with Crippen LogP contribution in [0.15, 0.2) is 48.5 Å². The van der Waals surface area contributed by atoms with Crippen molar-refractivity contribution in [1.29, 1.82) is 0 Å². The number of rotatable bonds is 7. The molecule has 2 aromatic carbocycles. The highest BCUT2D eigenvalue weighted by atomic mass is 32.2. The average Bonchev–Trinajstić information content (AvgIpc) is 3.13. The zero-order valence-electron chi connectivity index (χ0n) is 17.7. The first-order chi connectivity index (χ1) is 15.1. The molecule has 1 heterocycles. The summed E-state index contributed by atoms with van der Waals surface area (Å²) in [5.41, 5.74) is 1.16. The SMILES string of the molecule is CSCC[C@H](NC(=O)c1ccccc1)C(=O)Nc1ccc2c(c1)OC1(CCCCC1)O2. The fourth-order valence-electron chi connectivity index (χ4n) is 4.03. The van der Waals surface area contributed by atoms with Crippen molar-refractivity contribution >= 4 is 29.3 Å². The molecule has 1 saturated carbocycles. The molecule has 2 aliphatic rings. The van der Waals surface area contributed by atoms with E-state index < -0.39 is 11.8 Å². The van der Waals surface area contributed by atoms with Crippen molar-refractivity contribution in [2.45, 2.75) is 50.4 Å². The molecule has 2 amide bonds. The Morgan fingerprint density at radius 1 is 1.03 bits per heavy atom. The first kappa shape index (κ1) is 21.6. The van der Waals surface area contributed by atoms with E-state index in [1.165, 1.54) is 6.42 Å². The predicted octanol–water partition coefficient (Wildman–Crippen LogP) is 4.61. The second kappa shape index (κ2) is 9.64. The zero-order valence-corrected chi connectivity index (χ0v) is 18.5. The minimum absolute atomic E-state index is 0.246. The zero-order chi connectivity index (χ0) is 21.7. The fraction of sp³-hybridized carbons (Fsp3) is 0.417. The molecule has 31 heavy (non-hydrogen) atoms. The molecule has 0 aromatic heterocycles. The Balaban J connectivity index is 1.43. The summed E-state index contributed by atoms with van der Waals surface area (Å²) >= 11 is 1.64. The highest BCUT2D eigenvalue weighted by Gasteiger charge is 2.42. The van der Waals surface area contributed by atoms with Crippen molar-refractivity contribution in [1.82, 2.24) is 5.32 Å². The first-order valence-corrected chi connectivity index (χ1v) is 12.2. The van der Waals surface area contributed by atoms with Crippen molar-refractivity contribution in [2.75, 3.05) is 17.3 Å². The second-order valence-electron chi connectivity index (χ2n) is 8.00. The summed E-state index contributed by atoms with van der Waals surface area (Å²) in [6.45, 7) is 0. The first-order valence-electron chi connectivity index (χ1n) is 10.8. The molecule has 1 aliphatic carbocycles. The molecule has 1 aliphatic heterocycles. The molecule has 2 N–H and O–H groups in total. The molecule has 7 heteroatoms. The summed E-state index contributed by atoms with van der Waals surface area (Å²) in [6.07, 6.45) is 7.67. The van der Waals surface area contributed by atoms with E-state index in [2.05, 4.69) is 10.6 Å². The van der Waals surface area contributed by atoms with Gasteiger partial charge in [0.25, 0.3) is 11.7 Å². The van der Waals surface area contributed by atoms with Crippen LogP contribution in [0, 0.1) is 0 Å². The molecule has 0 radical (unpaired) electrons. The van der Waals surface area contributed by atoms with Gasteiger partial charge >= 0.3 is 0 Å². The fourth-order valence-corrected chi connectivity index (χ4v) is 4.50. The minimum Gasteiger partial charge on any atom is -0.448 e. The number of anilines is 1. The van der Waals surface area contributed by atoms with Crippen molar-refractivity contribution < 1.29 is 19.1 Å². The summed E-state index contributed by atoms with van der Waals surface area (Å²) in [7, 11) is 0. The van der Waals surface area contributed by atoms with Gasteiger partial charge in [0.2, 0.25) is 5.91 Å². The quantitative estimate of drug-likeness (QED) is 0.658. The van der Waals surface area contributed by atoms with Gasteiger partial charge in [-0.15, -0.1) is 0 Å². The Morgan fingerprint density at radius 3 is 2.52 bits per heavy atom. The van der Waals surface area contributed by atoms with Crippen LogP contribution >= 0.6 is 11.8 Å². The number of nitrogens with one attached hydrogen (secondary N) is 2. The Hall–Kier alpha value is -2.67. The van der Waals surface area contributed by atoms with Crippen molar-refractivity contribution in [3.63, 3.8) is 0 Å². The number of ether oxygens (including phenoxy) is 2. The summed E-state index contributed by atoms with van der Waals surface area (Å²) in [4.78, 5) is 25.5. The molecule has 4 rings (SSSR count). The monoisotopic (exact) mass is 440 g/mol. The van der Waals surface area contributed by atoms with E-state index in [-0.39, 0.29) is 11.8 Å². The lowest BCUT2D eigenvalue weighted by molar-refractivity contribution is -0.118. The number of hydrogen-bond acceptors (Lipinski definition) is 5. The molecule has 0 unspecified atom stereocenters. The van der Waals surface area contributed by atoms with E-state index >= 15 is 0 Å². The molecule has 1 fully saturated rings. The Labute approximate surface area is 187 Å². The van der Waals surface area contributed by atoms with Crippen LogP contribution < -0.4 is 20.1 Å². The van der Waals surface area contributed by atoms with Gasteiger partial charge in [0.1, 0.15) is 6.04 Å². The summed E-state index contributed by atoms with van der Waals surface area (Å²) < 4.78 is 12.3. The Bertz CT molecular complexity index is 928. The largest absolute Gasteiger partial charge is 0.448 e. The lowest BCUT2D eigenvalue weighted by atomic mass is 9.94. The van der Waals surface area contributed by atoms with Gasteiger partial charge in [-0.05, 0) is 55.5 Å². The summed E-state index contributed by atoms with van der Waals surface area (Å²) in [5.74, 6) is 1.09. The molecule has 164 valence electrons. The number of amides is 2. The number of carbonyl (C=O) groups is 2. The van der Waals surface area contributed by atoms with Gasteiger partial charge in [0.15, 0.2) is 11.5 Å². The van der Waals surface area contributed by atoms with Crippen LogP contribution in [0.3, 0.4) is 0 Å². The van der Waals surface area contributed by atoms with E-state index in [4.69, 9.17) is 9.47 Å². The third-order valence-electron chi connectivity index (χ3n) is 5.69. The van der Waals surface area contributed by atoms with Gasteiger partial charge in [-0.3, -0.25) is 9.59 Å². The van der Waals surface area contributed by atoms with Crippen LogP contribution in [0.4, 0.5) is 5.69 Å². The van der Waals surface area contributed by atoms with Gasteiger partial charge in [-0.25, -0.2) is 0 Å². The Kier molecular flexibility index (Phi) is 6.70. The van der Waals surface area contributed by atoms with Crippen LogP contribution in [0.1, 0.15) is 48.9 Å². The maximum absolute atomic E-state index is 13.0. The molecule has 0 saturated heterocycles. The maximum atomic E-state index is 13.0. The molecular formula is C24H28N2O4S. The predicted molar refractivity (Wildman–Crippen MR) is 123 cm³/mol. The van der Waals surface area contributed by atoms with Crippen molar-refractivity contribution in [3.8, 4) is 11.5 Å². The average molecular weight is 441 g/mol. The van der Waals surface area contributed by atoms with E-state index in [0.29, 0.717) is 23.4 Å². The van der Waals surface area contributed by atoms with Gasteiger partial charge < -0.3 is 20.1 Å². The van der Waals surface area contributed by atoms with E-state index in [0.717, 1.165) is 37.2 Å². The van der Waals surface area contributed by atoms with Crippen LogP contribution in [-0.2, 0) is 4.79 Å². The maximum Gasteiger partial charge on any atom is 0.251 e. The number of fused-ring (bicyclic) bond motifs is 1. The molecule has 0 bridgehead atoms. The topological polar surface area (TPSA) is 76.7 Å². The third kappa shape index (κ3) is 5.15. The minimum atomic E-state index is -0.629. The summed E-state index contributed by atoms with van der Waals surface area (Å²) in [5, 5.41) is 5.80. The summed E-state index contributed by atoms with van der Waals surface area (Å²) in [6, 6.07) is 13.8. The lowest BCUT2D eigenvalue weighted by Crippen LogP contribution is -2.44. The van der Waals surface area contributed by atoms with Crippen LogP contribution in [0.5, 0.6) is 11.5 Å². The second-order valence-corrected chi connectivity index (χ2v) is 8.99. The lowest BCUT2D eigenvalue weighted by Gasteiger charge is -2.31. The van der Waals surface area contributed by atoms with E-state index in [1.807, 2.05) is 24.5 Å². The standard InChI is InChI=1S/C24H28N2O4S/c1-31-15-12-19(26-22(27)17-8-4-2-5-9-17)23(28)25-18-10-11-20-21(16-18)30-24(29-20)13-6-3-7-14-24/h2,4-5,8-11,16,19H,3,6-7,12-15H2,1H3,(H,25,28)(H,26,27)/t19-/m0/s1. The Morgan fingerprint density at radius 2 is 1.77 bits per heavy atom. The molecule has 2 aromatic rings. The molecular weight excluding hydrogens is 412 g/mol. The van der Waals surface area contributed by atoms with Crippen molar-refractivity contribution in [3.05, 3.63) is 54.1 Å². The highest BCUT2D eigenvalue weighted by molar-refractivity contribution is 7.98. The van der Waals surface area contributed by atoms with Gasteiger partial charge in [-0.2, -0.15) is 11.8 Å². The molecule has 1 spiro atoms. The third-order valence-corrected chi connectivity index (χ3v) is 6.33. The number of benzene rings is 2.